The Labute approximate surface area is 105 Å². The number of hydrogen-bond donors (Lipinski definition) is 2. The van der Waals surface area contributed by atoms with E-state index in [1.165, 1.54) is 4.31 Å². The molecule has 0 aromatic rings. The van der Waals surface area contributed by atoms with Gasteiger partial charge in [-0.2, -0.15) is 12.7 Å². The van der Waals surface area contributed by atoms with Gasteiger partial charge in [0, 0.05) is 26.2 Å². The second-order valence-electron chi connectivity index (χ2n) is 4.27. The van der Waals surface area contributed by atoms with Crippen LogP contribution in [-0.2, 0) is 10.2 Å². The minimum Gasteiger partial charge on any atom is -0.316 e. The van der Waals surface area contributed by atoms with Crippen molar-refractivity contribution in [3.8, 4) is 0 Å². The van der Waals surface area contributed by atoms with E-state index in [1.807, 2.05) is 14.0 Å². The molecule has 0 aromatic carbocycles. The van der Waals surface area contributed by atoms with Gasteiger partial charge in [-0.05, 0) is 32.7 Å². The zero-order valence-corrected chi connectivity index (χ0v) is 11.7. The summed E-state index contributed by atoms with van der Waals surface area (Å²) in [6.45, 7) is 3.00. The largest absolute Gasteiger partial charge is 0.316 e. The van der Waals surface area contributed by atoms with E-state index in [1.54, 1.807) is 7.05 Å². The maximum atomic E-state index is 11.7. The molecule has 2 N–H and O–H groups in total. The Balaban J connectivity index is 0.00000225. The molecule has 0 spiro atoms. The monoisotopic (exact) mass is 271 g/mol. The van der Waals surface area contributed by atoms with Gasteiger partial charge in [-0.1, -0.05) is 0 Å². The summed E-state index contributed by atoms with van der Waals surface area (Å²) < 4.78 is 27.4. The first-order valence-corrected chi connectivity index (χ1v) is 6.78. The van der Waals surface area contributed by atoms with Crippen LogP contribution in [0.4, 0.5) is 0 Å². The normalized spacial score (nSPS) is 18.2. The molecule has 0 saturated heterocycles. The molecule has 5 nitrogen and oxygen atoms in total. The van der Waals surface area contributed by atoms with Gasteiger partial charge in [-0.3, -0.25) is 0 Å². The summed E-state index contributed by atoms with van der Waals surface area (Å²) in [6, 6.07) is 0.147. The lowest BCUT2D eigenvalue weighted by atomic mass is 10.4. The highest BCUT2D eigenvalue weighted by atomic mass is 35.5. The zero-order valence-electron chi connectivity index (χ0n) is 10.1. The van der Waals surface area contributed by atoms with Crippen molar-refractivity contribution in [2.75, 3.05) is 27.2 Å². The SMILES string of the molecule is CNC(C)CNS(=O)(=O)N(C)CC1CC1.Cl. The molecule has 16 heavy (non-hydrogen) atoms. The fraction of sp³-hybridized carbons (Fsp3) is 1.00. The van der Waals surface area contributed by atoms with E-state index in [9.17, 15) is 8.42 Å². The first-order valence-electron chi connectivity index (χ1n) is 5.34. The molecule has 1 aliphatic rings. The Morgan fingerprint density at radius 3 is 2.44 bits per heavy atom. The predicted octanol–water partition coefficient (Wildman–Crippen LogP) is 0.192. The minimum absolute atomic E-state index is 0. The highest BCUT2D eigenvalue weighted by molar-refractivity contribution is 7.87. The molecular formula is C9H22ClN3O2S. The van der Waals surface area contributed by atoms with Crippen molar-refractivity contribution >= 4 is 22.6 Å². The summed E-state index contributed by atoms with van der Waals surface area (Å²) in [4.78, 5) is 0. The zero-order chi connectivity index (χ0) is 11.5. The van der Waals surface area contributed by atoms with E-state index in [-0.39, 0.29) is 18.4 Å². The highest BCUT2D eigenvalue weighted by Gasteiger charge is 2.27. The number of nitrogens with one attached hydrogen (secondary N) is 2. The van der Waals surface area contributed by atoms with Gasteiger partial charge < -0.3 is 5.32 Å². The lowest BCUT2D eigenvalue weighted by Gasteiger charge is -2.19. The van der Waals surface area contributed by atoms with E-state index in [4.69, 9.17) is 0 Å². The number of hydrogen-bond acceptors (Lipinski definition) is 3. The Bertz CT molecular complexity index is 293. The fourth-order valence-corrected chi connectivity index (χ4v) is 2.29. The maximum absolute atomic E-state index is 11.7. The van der Waals surface area contributed by atoms with Crippen LogP contribution in [0.3, 0.4) is 0 Å². The fourth-order valence-electron chi connectivity index (χ4n) is 1.20. The van der Waals surface area contributed by atoms with Crippen LogP contribution in [0, 0.1) is 5.92 Å². The Morgan fingerprint density at radius 1 is 1.44 bits per heavy atom. The first-order chi connectivity index (χ1) is 6.95. The molecule has 1 saturated carbocycles. The molecule has 0 radical (unpaired) electrons. The van der Waals surface area contributed by atoms with Gasteiger partial charge in [0.05, 0.1) is 0 Å². The quantitative estimate of drug-likeness (QED) is 0.695. The number of likely N-dealkylation sites (N-methyl/N-ethyl adjacent to an activating group) is 1. The summed E-state index contributed by atoms with van der Waals surface area (Å²) in [5.74, 6) is 0.577. The van der Waals surface area contributed by atoms with Gasteiger partial charge >= 0.3 is 0 Å². The van der Waals surface area contributed by atoms with Crippen molar-refractivity contribution in [2.24, 2.45) is 5.92 Å². The third-order valence-electron chi connectivity index (χ3n) is 2.69. The van der Waals surface area contributed by atoms with E-state index in [2.05, 4.69) is 10.0 Å². The number of rotatable bonds is 7. The second kappa shape index (κ2) is 6.76. The molecule has 1 aliphatic carbocycles. The van der Waals surface area contributed by atoms with Crippen LogP contribution >= 0.6 is 12.4 Å². The van der Waals surface area contributed by atoms with Gasteiger partial charge in [0.1, 0.15) is 0 Å². The van der Waals surface area contributed by atoms with Crippen LogP contribution in [0.2, 0.25) is 0 Å². The molecule has 98 valence electrons. The van der Waals surface area contributed by atoms with Gasteiger partial charge in [0.25, 0.3) is 10.2 Å². The standard InChI is InChI=1S/C9H21N3O2S.ClH/c1-8(10-2)6-11-15(13,14)12(3)7-9-4-5-9;/h8-11H,4-7H2,1-3H3;1H. The smallest absolute Gasteiger partial charge is 0.279 e. The molecule has 1 rings (SSSR count). The predicted molar refractivity (Wildman–Crippen MR) is 68.0 cm³/mol. The van der Waals surface area contributed by atoms with E-state index < -0.39 is 10.2 Å². The molecule has 7 heteroatoms. The minimum atomic E-state index is -3.28. The van der Waals surface area contributed by atoms with E-state index in [0.29, 0.717) is 19.0 Å². The molecule has 0 amide bonds. The topological polar surface area (TPSA) is 61.4 Å². The van der Waals surface area contributed by atoms with Gasteiger partial charge in [-0.25, -0.2) is 4.72 Å². The van der Waals surface area contributed by atoms with Crippen LogP contribution in [0.25, 0.3) is 0 Å². The summed E-state index contributed by atoms with van der Waals surface area (Å²) in [5, 5.41) is 2.98. The summed E-state index contributed by atoms with van der Waals surface area (Å²) >= 11 is 0. The van der Waals surface area contributed by atoms with Gasteiger partial charge in [-0.15, -0.1) is 12.4 Å². The van der Waals surface area contributed by atoms with Crippen molar-refractivity contribution in [3.63, 3.8) is 0 Å². The third kappa shape index (κ3) is 5.45. The molecule has 1 fully saturated rings. The van der Waals surface area contributed by atoms with Crippen molar-refractivity contribution in [1.29, 1.82) is 0 Å². The van der Waals surface area contributed by atoms with Gasteiger partial charge in [0.15, 0.2) is 0 Å². The third-order valence-corrected chi connectivity index (χ3v) is 4.19. The van der Waals surface area contributed by atoms with Crippen LogP contribution < -0.4 is 10.0 Å². The maximum Gasteiger partial charge on any atom is 0.279 e. The van der Waals surface area contributed by atoms with E-state index in [0.717, 1.165) is 12.8 Å². The Morgan fingerprint density at radius 2 is 2.00 bits per heavy atom. The van der Waals surface area contributed by atoms with Crippen molar-refractivity contribution < 1.29 is 8.42 Å². The van der Waals surface area contributed by atoms with Crippen LogP contribution in [0.15, 0.2) is 0 Å². The van der Waals surface area contributed by atoms with Crippen molar-refractivity contribution in [3.05, 3.63) is 0 Å². The molecule has 0 bridgehead atoms. The van der Waals surface area contributed by atoms with Crippen LogP contribution in [0.5, 0.6) is 0 Å². The van der Waals surface area contributed by atoms with E-state index >= 15 is 0 Å². The van der Waals surface area contributed by atoms with Crippen molar-refractivity contribution in [1.82, 2.24) is 14.3 Å². The average molecular weight is 272 g/mol. The Hall–Kier alpha value is 0.120. The molecule has 0 heterocycles. The second-order valence-corrected chi connectivity index (χ2v) is 6.13. The molecule has 0 aromatic heterocycles. The average Bonchev–Trinajstić information content (AvgIpc) is 2.98. The summed E-state index contributed by atoms with van der Waals surface area (Å²) in [7, 11) is 0.165. The molecular weight excluding hydrogens is 250 g/mol. The van der Waals surface area contributed by atoms with Crippen molar-refractivity contribution in [2.45, 2.75) is 25.8 Å². The van der Waals surface area contributed by atoms with Crippen LogP contribution in [0.1, 0.15) is 19.8 Å². The first kappa shape index (κ1) is 16.1. The highest BCUT2D eigenvalue weighted by Crippen LogP contribution is 2.29. The molecule has 1 atom stereocenters. The Kier molecular flexibility index (Phi) is 6.81. The van der Waals surface area contributed by atoms with Gasteiger partial charge in [0.2, 0.25) is 0 Å². The number of halogens is 1. The lowest BCUT2D eigenvalue weighted by Crippen LogP contribution is -2.44. The number of nitrogens with zero attached hydrogens (tertiary/aromatic N) is 1. The summed E-state index contributed by atoms with van der Waals surface area (Å²) in [5.41, 5.74) is 0. The molecule has 0 aliphatic heterocycles. The lowest BCUT2D eigenvalue weighted by molar-refractivity contribution is 0.438. The molecule has 1 unspecified atom stereocenters. The summed E-state index contributed by atoms with van der Waals surface area (Å²) in [6.07, 6.45) is 2.32. The van der Waals surface area contributed by atoms with Crippen LogP contribution in [-0.4, -0.2) is 45.9 Å².